The predicted molar refractivity (Wildman–Crippen MR) is 71.2 cm³/mol. The summed E-state index contributed by atoms with van der Waals surface area (Å²) in [6, 6.07) is 8.29. The Labute approximate surface area is 107 Å². The summed E-state index contributed by atoms with van der Waals surface area (Å²) in [5.74, 6) is 2.33. The molecule has 3 rings (SSSR count). The molecule has 2 aromatic rings. The van der Waals surface area contributed by atoms with Crippen molar-refractivity contribution in [1.29, 1.82) is 0 Å². The fraction of sp³-hybridized carbons (Fsp3) is 0.400. The van der Waals surface area contributed by atoms with Crippen molar-refractivity contribution in [3.63, 3.8) is 0 Å². The van der Waals surface area contributed by atoms with Crippen LogP contribution in [-0.2, 0) is 12.8 Å². The molecule has 0 amide bonds. The summed E-state index contributed by atoms with van der Waals surface area (Å²) >= 11 is 0. The summed E-state index contributed by atoms with van der Waals surface area (Å²) in [5.41, 5.74) is 9.16. The molecule has 18 heavy (non-hydrogen) atoms. The van der Waals surface area contributed by atoms with Crippen molar-refractivity contribution in [2.45, 2.75) is 26.2 Å². The smallest absolute Gasteiger partial charge is 0.226 e. The Bertz CT molecular complexity index is 542. The van der Waals surface area contributed by atoms with E-state index in [0.717, 1.165) is 48.7 Å². The predicted octanol–water partition coefficient (Wildman–Crippen LogP) is 2.71. The topological polar surface area (TPSA) is 52.0 Å². The van der Waals surface area contributed by atoms with Gasteiger partial charge >= 0.3 is 0 Å². The van der Waals surface area contributed by atoms with Crippen LogP contribution < -0.4 is 5.73 Å². The molecule has 0 saturated carbocycles. The maximum Gasteiger partial charge on any atom is 0.226 e. The molecule has 1 heterocycles. The number of hydrogen-bond donors (Lipinski definition) is 1. The number of fused-ring (bicyclic) bond motifs is 1. The molecule has 1 aromatic carbocycles. The van der Waals surface area contributed by atoms with Gasteiger partial charge in [-0.05, 0) is 44.4 Å². The molecule has 2 N–H and O–H groups in total. The highest BCUT2D eigenvalue weighted by atomic mass is 16.4. The minimum atomic E-state index is 0.552. The second kappa shape index (κ2) is 4.58. The second-order valence-corrected chi connectivity index (χ2v) is 5.10. The van der Waals surface area contributed by atoms with Gasteiger partial charge in [0, 0.05) is 12.0 Å². The third-order valence-electron chi connectivity index (χ3n) is 3.67. The molecule has 3 nitrogen and oxygen atoms in total. The number of nitrogens with two attached hydrogens (primary N) is 1. The Morgan fingerprint density at radius 2 is 2.11 bits per heavy atom. The van der Waals surface area contributed by atoms with E-state index in [4.69, 9.17) is 10.2 Å². The summed E-state index contributed by atoms with van der Waals surface area (Å²) in [7, 11) is 0. The third kappa shape index (κ3) is 2.06. The summed E-state index contributed by atoms with van der Waals surface area (Å²) in [4.78, 5) is 4.61. The average molecular weight is 242 g/mol. The molecule has 0 bridgehead atoms. The number of aryl methyl sites for hydroxylation is 2. The van der Waals surface area contributed by atoms with Crippen molar-refractivity contribution >= 4 is 0 Å². The van der Waals surface area contributed by atoms with Gasteiger partial charge in [0.1, 0.15) is 5.76 Å². The Kier molecular flexibility index (Phi) is 2.92. The van der Waals surface area contributed by atoms with Crippen LogP contribution >= 0.6 is 0 Å². The zero-order valence-corrected chi connectivity index (χ0v) is 10.6. The van der Waals surface area contributed by atoms with E-state index in [0.29, 0.717) is 5.92 Å². The molecule has 0 fully saturated rings. The lowest BCUT2D eigenvalue weighted by Crippen LogP contribution is -2.21. The molecule has 0 aliphatic heterocycles. The van der Waals surface area contributed by atoms with Crippen molar-refractivity contribution in [2.24, 2.45) is 11.7 Å². The van der Waals surface area contributed by atoms with Gasteiger partial charge in [-0.2, -0.15) is 0 Å². The van der Waals surface area contributed by atoms with Gasteiger partial charge in [-0.1, -0.05) is 17.7 Å². The van der Waals surface area contributed by atoms with Crippen LogP contribution in [0.15, 0.2) is 28.7 Å². The van der Waals surface area contributed by atoms with Crippen molar-refractivity contribution in [1.82, 2.24) is 4.98 Å². The Hall–Kier alpha value is -1.61. The minimum absolute atomic E-state index is 0.552. The van der Waals surface area contributed by atoms with Gasteiger partial charge < -0.3 is 10.2 Å². The number of aromatic nitrogens is 1. The van der Waals surface area contributed by atoms with Crippen LogP contribution in [0.5, 0.6) is 0 Å². The maximum absolute atomic E-state index is 5.90. The molecule has 0 radical (unpaired) electrons. The zero-order valence-electron chi connectivity index (χ0n) is 10.6. The van der Waals surface area contributed by atoms with Crippen LogP contribution in [-0.4, -0.2) is 11.5 Å². The molecule has 1 atom stereocenters. The normalized spacial score (nSPS) is 18.7. The average Bonchev–Trinajstić information content (AvgIpc) is 2.82. The van der Waals surface area contributed by atoms with Crippen LogP contribution in [0.2, 0.25) is 0 Å². The lowest BCUT2D eigenvalue weighted by atomic mass is 9.91. The SMILES string of the molecule is Cc1ccc(-c2nc3c(o2)CC(CN)CC3)cc1. The van der Waals surface area contributed by atoms with E-state index in [2.05, 4.69) is 36.2 Å². The summed E-state index contributed by atoms with van der Waals surface area (Å²) in [5, 5.41) is 0. The van der Waals surface area contributed by atoms with Crippen LogP contribution in [0.1, 0.15) is 23.4 Å². The van der Waals surface area contributed by atoms with E-state index < -0.39 is 0 Å². The Morgan fingerprint density at radius 3 is 2.83 bits per heavy atom. The van der Waals surface area contributed by atoms with E-state index in [9.17, 15) is 0 Å². The first-order valence-corrected chi connectivity index (χ1v) is 6.52. The summed E-state index contributed by atoms with van der Waals surface area (Å²) in [6.45, 7) is 2.82. The largest absolute Gasteiger partial charge is 0.441 e. The first-order valence-electron chi connectivity index (χ1n) is 6.52. The Balaban J connectivity index is 1.91. The molecule has 1 aliphatic carbocycles. The van der Waals surface area contributed by atoms with Gasteiger partial charge in [-0.15, -0.1) is 0 Å². The van der Waals surface area contributed by atoms with E-state index in [-0.39, 0.29) is 0 Å². The van der Waals surface area contributed by atoms with Crippen molar-refractivity contribution in [3.05, 3.63) is 41.3 Å². The van der Waals surface area contributed by atoms with Crippen LogP contribution in [0.25, 0.3) is 11.5 Å². The van der Waals surface area contributed by atoms with E-state index in [1.807, 2.05) is 0 Å². The van der Waals surface area contributed by atoms with Crippen LogP contribution in [0.3, 0.4) is 0 Å². The third-order valence-corrected chi connectivity index (χ3v) is 3.67. The van der Waals surface area contributed by atoms with Crippen molar-refractivity contribution < 1.29 is 4.42 Å². The minimum Gasteiger partial charge on any atom is -0.441 e. The number of benzene rings is 1. The van der Waals surface area contributed by atoms with Gasteiger partial charge in [0.25, 0.3) is 0 Å². The standard InChI is InChI=1S/C15H18N2O/c1-10-2-5-12(6-3-10)15-17-13-7-4-11(9-16)8-14(13)18-15/h2-3,5-6,11H,4,7-9,16H2,1H3. The molecule has 3 heteroatoms. The number of hydrogen-bond acceptors (Lipinski definition) is 3. The van der Waals surface area contributed by atoms with Crippen LogP contribution in [0.4, 0.5) is 0 Å². The zero-order chi connectivity index (χ0) is 12.5. The fourth-order valence-electron chi connectivity index (χ4n) is 2.46. The molecular formula is C15H18N2O. The highest BCUT2D eigenvalue weighted by molar-refractivity contribution is 5.54. The number of oxazole rings is 1. The van der Waals surface area contributed by atoms with Crippen molar-refractivity contribution in [2.75, 3.05) is 6.54 Å². The molecule has 0 spiro atoms. The van der Waals surface area contributed by atoms with E-state index >= 15 is 0 Å². The molecule has 1 unspecified atom stereocenters. The lowest BCUT2D eigenvalue weighted by molar-refractivity contribution is 0.401. The van der Waals surface area contributed by atoms with Crippen LogP contribution in [0, 0.1) is 12.8 Å². The van der Waals surface area contributed by atoms with Gasteiger partial charge in [0.05, 0.1) is 5.69 Å². The molecule has 0 saturated heterocycles. The summed E-state index contributed by atoms with van der Waals surface area (Å²) < 4.78 is 5.90. The molecule has 1 aromatic heterocycles. The van der Waals surface area contributed by atoms with E-state index in [1.54, 1.807) is 0 Å². The van der Waals surface area contributed by atoms with Gasteiger partial charge in [-0.25, -0.2) is 4.98 Å². The van der Waals surface area contributed by atoms with E-state index in [1.165, 1.54) is 5.56 Å². The first kappa shape index (κ1) is 11.5. The molecule has 94 valence electrons. The lowest BCUT2D eigenvalue weighted by Gasteiger charge is -2.17. The van der Waals surface area contributed by atoms with Gasteiger partial charge in [-0.3, -0.25) is 0 Å². The summed E-state index contributed by atoms with van der Waals surface area (Å²) in [6.07, 6.45) is 3.06. The number of nitrogens with zero attached hydrogens (tertiary/aromatic N) is 1. The van der Waals surface area contributed by atoms with Crippen molar-refractivity contribution in [3.8, 4) is 11.5 Å². The Morgan fingerprint density at radius 1 is 1.33 bits per heavy atom. The molecular weight excluding hydrogens is 224 g/mol. The maximum atomic E-state index is 5.90. The highest BCUT2D eigenvalue weighted by Gasteiger charge is 2.23. The van der Waals surface area contributed by atoms with Gasteiger partial charge in [0.15, 0.2) is 0 Å². The quantitative estimate of drug-likeness (QED) is 0.881. The second-order valence-electron chi connectivity index (χ2n) is 5.10. The molecule has 1 aliphatic rings. The first-order chi connectivity index (χ1) is 8.76. The van der Waals surface area contributed by atoms with Gasteiger partial charge in [0.2, 0.25) is 5.89 Å². The number of rotatable bonds is 2. The highest BCUT2D eigenvalue weighted by Crippen LogP contribution is 2.29. The fourth-order valence-corrected chi connectivity index (χ4v) is 2.46. The monoisotopic (exact) mass is 242 g/mol.